The standard InChI is InChI=1S/2C23H36O3.2C23H36O2.C22H36O2.C22H34O2/c1-5-15-7-9-19-18-8-6-16-12-17(25)10-11-22(16,3)21(18)20(26-4)13-23(15,19)14(2)24;1-5-15-6-7-19-17-13-21(26-4)20-12-16(25)8-10-22(20,3)18(17)9-11-23(15,19)14(2)24;1-5-16-7-9-20-18-8-6-17-12-21(25)14(2)13-22(17,4)19(18)10-11-23(16,20)15(3)24;1-4-16-7-9-21-19-8-6-17-14-18(25)10-12-22(17,5-2)20(19)11-13-23(16,21)15(3)24;2*1-4-22-12-10-19-17(20(22)8-7-18(22)14(2)23)6-5-15-13-16(24)9-11-21(15,19)3/h2*5,15-21,25H,1,6-13H2,2-4H3;5,14,16-21,25H,1,6-13H2,2-4H3;4,16-21,25H,1,5-14H2,2-3H3;4,14-20,23-24H,1,5-13H2,2-3H3;4,15-20,24H,1,5-13H2,2-3H3/t15?,16-,17+,18-,19-,20-,21+,22-,23-;15?,16-,17-,18+,19+,20-,21-,22-,23+;14-,16?,17-,18+,19-,20-,21-,22-,23-;16?,17-,18+,19+,20-,21-,22-,23-;14-,15+,16-,17-,18?,19+,20+,21+,22-;15-,16+,17+,18?,19-,20-,21-,22+/m010010/s1. The number of methoxy groups -OCH3 is 2. The van der Waals surface area contributed by atoms with Gasteiger partial charge in [-0.1, -0.05) is 84.9 Å². The fourth-order valence-corrected chi connectivity index (χ4v) is 49.3. The number of hydrogen-bond acceptors (Lipinski definition) is 14. The first-order valence-corrected chi connectivity index (χ1v) is 63.6. The van der Waals surface area contributed by atoms with Crippen molar-refractivity contribution < 1.29 is 69.2 Å². The second-order valence-electron chi connectivity index (χ2n) is 59.4. The molecule has 0 bridgehead atoms. The number of rotatable bonds is 15. The van der Waals surface area contributed by atoms with Crippen molar-refractivity contribution >= 4 is 28.9 Å². The van der Waals surface area contributed by atoms with E-state index in [2.05, 4.69) is 124 Å². The Morgan fingerprint density at radius 1 is 0.320 bits per heavy atom. The summed E-state index contributed by atoms with van der Waals surface area (Å²) in [5.74, 6) is 20.5. The topological polar surface area (TPSA) is 245 Å². The Morgan fingerprint density at radius 2 is 0.673 bits per heavy atom. The minimum absolute atomic E-state index is 0.0541. The molecule has 6 unspecified atom stereocenters. The van der Waals surface area contributed by atoms with Crippen LogP contribution < -0.4 is 0 Å². The molecule has 0 radical (unpaired) electrons. The van der Waals surface area contributed by atoms with Crippen molar-refractivity contribution in [2.75, 3.05) is 14.2 Å². The summed E-state index contributed by atoms with van der Waals surface area (Å²) in [6.07, 6.45) is 71.8. The fraction of sp³-hybridized carbons (Fsp3) is 0.875. The van der Waals surface area contributed by atoms with E-state index in [9.17, 15) is 59.7 Å². The number of ether oxygens (including phenoxy) is 2. The minimum Gasteiger partial charge on any atom is -0.393 e. The highest BCUT2D eigenvalue weighted by molar-refractivity contribution is 5.86. The molecule has 14 nitrogen and oxygen atoms in total. The number of Topliss-reactive ketones (excluding diaryl/α,β-unsaturated/α-hetero) is 5. The number of allylic oxidation sites excluding steroid dienone is 6. The van der Waals surface area contributed by atoms with Gasteiger partial charge in [-0.25, -0.2) is 0 Å². The molecule has 0 aromatic carbocycles. The van der Waals surface area contributed by atoms with E-state index in [-0.39, 0.29) is 104 Å². The van der Waals surface area contributed by atoms with Gasteiger partial charge in [-0.2, -0.15) is 0 Å². The first-order chi connectivity index (χ1) is 71.4. The van der Waals surface area contributed by atoms with Gasteiger partial charge in [0.25, 0.3) is 0 Å². The summed E-state index contributed by atoms with van der Waals surface area (Å²) < 4.78 is 12.1. The Morgan fingerprint density at radius 3 is 1.13 bits per heavy atom. The number of carbonyl (C=O) groups excluding carboxylic acids is 5. The highest BCUT2D eigenvalue weighted by Gasteiger charge is 2.73. The lowest BCUT2D eigenvalue weighted by Crippen LogP contribution is -2.61. The maximum Gasteiger partial charge on any atom is 0.136 e. The average molecular weight is 2070 g/mol. The van der Waals surface area contributed by atoms with Crippen LogP contribution in [0.2, 0.25) is 0 Å². The lowest BCUT2D eigenvalue weighted by atomic mass is 9.43. The van der Waals surface area contributed by atoms with Crippen LogP contribution in [0, 0.1) is 248 Å². The van der Waals surface area contributed by atoms with E-state index >= 15 is 0 Å². The second kappa shape index (κ2) is 43.7. The van der Waals surface area contributed by atoms with Crippen LogP contribution in [0.3, 0.4) is 0 Å². The Bertz CT molecular complexity index is 4850. The SMILES string of the molecule is C=CC1CC[C@H]2[C@@H]3CC[C@H]4C[C@H](O)CC[C@]4(C)[C@H]3[C@@H](OC)C[C@]12C(C)=O.C=CC1CC[C@H]2[C@@H]3CC[C@H]4C[C@H](O)CC[C@]4(CC)[C@H]3CC[C@]12C(C)=O.C=CC1CC[C@H]2[C@@H]3CC[C@H]4C[C@H](O)[C@@H](C)C[C@]4(C)[C@H]3CC[C@]12C(C)=O.C=CC1CC[C@H]2[C@@H]3C[C@@H](OC)[C@H]4C[C@H](O)CC[C@]4(C)[C@H]3CC[C@]12C(C)=O.C=C[C@]12CC[C@H]3[C@@H](CC[C@H]4C[C@H](O)CC[C@@]43C)[C@@H]1CCC2C(C)=O.C=C[C@]12CC[C@H]3[C@@H](CC[C@H]4C[C@H](O)CC[C@@]43C)[C@@H]1CCC2[C@@H](C)O. The molecule has 7 N–H and O–H groups in total. The summed E-state index contributed by atoms with van der Waals surface area (Å²) in [5.41, 5.74) is 1.83. The predicted octanol–water partition coefficient (Wildman–Crippen LogP) is 28.2. The first kappa shape index (κ1) is 115. The summed E-state index contributed by atoms with van der Waals surface area (Å²) in [4.78, 5) is 63.8. The Labute approximate surface area is 909 Å². The van der Waals surface area contributed by atoms with E-state index in [4.69, 9.17) is 9.47 Å². The fourth-order valence-electron chi connectivity index (χ4n) is 49.3. The van der Waals surface area contributed by atoms with Gasteiger partial charge in [0.1, 0.15) is 28.9 Å². The van der Waals surface area contributed by atoms with Gasteiger partial charge < -0.3 is 45.2 Å². The van der Waals surface area contributed by atoms with Gasteiger partial charge in [0.2, 0.25) is 0 Å². The molecule has 150 heavy (non-hydrogen) atoms. The van der Waals surface area contributed by atoms with Gasteiger partial charge in [-0.05, 0) is 591 Å². The number of fused-ring (bicyclic) bond motifs is 30. The highest BCUT2D eigenvalue weighted by atomic mass is 16.5. The molecule has 0 heterocycles. The van der Waals surface area contributed by atoms with Gasteiger partial charge in [0, 0.05) is 47.2 Å². The van der Waals surface area contributed by atoms with Crippen molar-refractivity contribution in [2.24, 2.45) is 248 Å². The number of ketones is 5. The molecular weight excluding hydrogens is 1860 g/mol. The summed E-state index contributed by atoms with van der Waals surface area (Å²) in [5, 5.41) is 71.8. The van der Waals surface area contributed by atoms with Gasteiger partial charge in [0.05, 0.1) is 54.9 Å². The number of hydrogen-bond donors (Lipinski definition) is 7. The van der Waals surface area contributed by atoms with Crippen molar-refractivity contribution in [1.82, 2.24) is 0 Å². The molecule has 24 saturated carbocycles. The summed E-state index contributed by atoms with van der Waals surface area (Å²) in [6.45, 7) is 53.1. The second-order valence-corrected chi connectivity index (χ2v) is 59.4. The van der Waals surface area contributed by atoms with Gasteiger partial charge >= 0.3 is 0 Å². The average Bonchev–Trinajstić information content (AvgIpc) is 1.42. The molecule has 24 aliphatic rings. The lowest BCUT2D eigenvalue weighted by Gasteiger charge is -2.62. The first-order valence-electron chi connectivity index (χ1n) is 63.6. The molecule has 24 fully saturated rings. The normalized spacial score (nSPS) is 53.7. The van der Waals surface area contributed by atoms with E-state index in [1.54, 1.807) is 6.92 Å². The van der Waals surface area contributed by atoms with Crippen LogP contribution in [0.1, 0.15) is 424 Å². The van der Waals surface area contributed by atoms with Crippen molar-refractivity contribution in [3.63, 3.8) is 0 Å². The van der Waals surface area contributed by atoms with Crippen LogP contribution in [-0.4, -0.2) is 134 Å². The van der Waals surface area contributed by atoms with Crippen LogP contribution in [-0.2, 0) is 33.4 Å². The molecule has 0 aromatic heterocycles. The Balaban J connectivity index is 0.000000113. The van der Waals surface area contributed by atoms with Crippen molar-refractivity contribution in [3.05, 3.63) is 75.9 Å². The quantitative estimate of drug-likeness (QED) is 0.0754. The monoisotopic (exact) mass is 2070 g/mol. The zero-order valence-corrected chi connectivity index (χ0v) is 97.1. The third-order valence-corrected chi connectivity index (χ3v) is 56.2. The maximum atomic E-state index is 13.0. The molecule has 0 aromatic rings. The molecular formula is C136H214O14. The van der Waals surface area contributed by atoms with E-state index in [1.165, 1.54) is 161 Å². The highest BCUT2D eigenvalue weighted by Crippen LogP contribution is 2.78. The van der Waals surface area contributed by atoms with Gasteiger partial charge in [0.15, 0.2) is 0 Å². The molecule has 14 heteroatoms. The predicted molar refractivity (Wildman–Crippen MR) is 601 cm³/mol. The van der Waals surface area contributed by atoms with Gasteiger partial charge in [-0.3, -0.25) is 24.0 Å². The van der Waals surface area contributed by atoms with E-state index in [0.717, 1.165) is 227 Å². The van der Waals surface area contributed by atoms with Gasteiger partial charge in [-0.15, -0.1) is 39.5 Å². The molecule has 0 amide bonds. The summed E-state index contributed by atoms with van der Waals surface area (Å²) in [6, 6.07) is 0. The molecule has 52 atom stereocenters. The number of aliphatic hydroxyl groups excluding tert-OH is 7. The zero-order chi connectivity index (χ0) is 107. The van der Waals surface area contributed by atoms with Crippen LogP contribution >= 0.6 is 0 Å². The smallest absolute Gasteiger partial charge is 0.136 e. The van der Waals surface area contributed by atoms with Crippen molar-refractivity contribution in [3.8, 4) is 0 Å². The largest absolute Gasteiger partial charge is 0.393 e. The molecule has 0 aliphatic heterocycles. The molecule has 842 valence electrons. The summed E-state index contributed by atoms with van der Waals surface area (Å²) in [7, 11) is 3.69. The third-order valence-electron chi connectivity index (χ3n) is 56.2. The lowest BCUT2D eigenvalue weighted by molar-refractivity contribution is -0.189. The van der Waals surface area contributed by atoms with E-state index in [1.807, 2.05) is 48.8 Å². The maximum absolute atomic E-state index is 13.0. The number of aliphatic hydroxyl groups is 7. The minimum atomic E-state index is -0.249. The van der Waals surface area contributed by atoms with Crippen LogP contribution in [0.4, 0.5) is 0 Å². The van der Waals surface area contributed by atoms with Crippen LogP contribution in [0.25, 0.3) is 0 Å². The molecule has 0 saturated heterocycles. The molecule has 0 spiro atoms. The Hall–Kier alpha value is -3.57. The van der Waals surface area contributed by atoms with Crippen molar-refractivity contribution in [1.29, 1.82) is 0 Å². The third kappa shape index (κ3) is 18.0. The van der Waals surface area contributed by atoms with Crippen molar-refractivity contribution in [2.45, 2.75) is 479 Å². The van der Waals surface area contributed by atoms with Crippen LogP contribution in [0.15, 0.2) is 75.9 Å². The molecule has 24 rings (SSSR count). The summed E-state index contributed by atoms with van der Waals surface area (Å²) >= 11 is 0. The van der Waals surface area contributed by atoms with E-state index < -0.39 is 0 Å². The van der Waals surface area contributed by atoms with Crippen LogP contribution in [0.5, 0.6) is 0 Å². The number of carbonyl (C=O) groups is 5. The molecule has 24 aliphatic carbocycles. The van der Waals surface area contributed by atoms with E-state index in [0.29, 0.717) is 175 Å². The zero-order valence-electron chi connectivity index (χ0n) is 97.1. The Kier molecular flexibility index (Phi) is 33.4.